The van der Waals surface area contributed by atoms with Crippen molar-refractivity contribution < 1.29 is 9.59 Å². The molecule has 126 valence electrons. The summed E-state index contributed by atoms with van der Waals surface area (Å²) in [6.07, 6.45) is 2.28. The van der Waals surface area contributed by atoms with Crippen LogP contribution >= 0.6 is 11.6 Å². The molecule has 1 fully saturated rings. The van der Waals surface area contributed by atoms with Crippen LogP contribution in [0.25, 0.3) is 0 Å². The predicted octanol–water partition coefficient (Wildman–Crippen LogP) is 2.06. The van der Waals surface area contributed by atoms with E-state index in [4.69, 9.17) is 11.6 Å². The maximum atomic E-state index is 12.2. The number of likely N-dealkylation sites (tertiary alicyclic amines) is 1. The van der Waals surface area contributed by atoms with Gasteiger partial charge in [-0.3, -0.25) is 14.5 Å². The minimum Gasteiger partial charge on any atom is -0.353 e. The lowest BCUT2D eigenvalue weighted by atomic mass is 10.2. The maximum Gasteiger partial charge on any atom is 0.253 e. The van der Waals surface area contributed by atoms with E-state index < -0.39 is 6.04 Å². The van der Waals surface area contributed by atoms with Gasteiger partial charge in [0.05, 0.1) is 10.6 Å². The summed E-state index contributed by atoms with van der Waals surface area (Å²) in [6, 6.07) is 6.59. The fourth-order valence-electron chi connectivity index (χ4n) is 2.90. The molecular formula is C17H24ClN3O2. The first-order valence-electron chi connectivity index (χ1n) is 8.10. The molecule has 0 saturated carbocycles. The topological polar surface area (TPSA) is 61.4 Å². The molecule has 1 aliphatic rings. The van der Waals surface area contributed by atoms with Gasteiger partial charge in [-0.05, 0) is 45.0 Å². The number of carbonyl (C=O) groups is 2. The van der Waals surface area contributed by atoms with Crippen molar-refractivity contribution in [3.8, 4) is 0 Å². The number of carbonyl (C=O) groups excluding carboxylic acids is 2. The zero-order valence-electron chi connectivity index (χ0n) is 13.6. The van der Waals surface area contributed by atoms with Gasteiger partial charge in [-0.15, -0.1) is 0 Å². The van der Waals surface area contributed by atoms with Gasteiger partial charge in [0.25, 0.3) is 5.91 Å². The highest BCUT2D eigenvalue weighted by Crippen LogP contribution is 2.16. The van der Waals surface area contributed by atoms with Crippen molar-refractivity contribution >= 4 is 23.4 Å². The number of nitrogens with one attached hydrogen (secondary N) is 2. The van der Waals surface area contributed by atoms with Gasteiger partial charge in [-0.1, -0.05) is 30.7 Å². The first-order valence-corrected chi connectivity index (χ1v) is 8.48. The van der Waals surface area contributed by atoms with Crippen LogP contribution in [0.15, 0.2) is 24.3 Å². The van der Waals surface area contributed by atoms with Crippen molar-refractivity contribution in [2.24, 2.45) is 0 Å². The number of halogens is 1. The molecule has 2 unspecified atom stereocenters. The van der Waals surface area contributed by atoms with Gasteiger partial charge in [0.15, 0.2) is 0 Å². The van der Waals surface area contributed by atoms with Gasteiger partial charge >= 0.3 is 0 Å². The highest BCUT2D eigenvalue weighted by Gasteiger charge is 2.24. The smallest absolute Gasteiger partial charge is 0.253 e. The van der Waals surface area contributed by atoms with E-state index in [-0.39, 0.29) is 11.8 Å². The SMILES string of the molecule is CCN1CCCC1CNC(=O)C(C)NC(=O)c1ccccc1Cl. The van der Waals surface area contributed by atoms with Crippen LogP contribution in [0.2, 0.25) is 5.02 Å². The van der Waals surface area contributed by atoms with Gasteiger partial charge in [0.2, 0.25) is 5.91 Å². The molecule has 1 aliphatic heterocycles. The first kappa shape index (κ1) is 17.8. The first-order chi connectivity index (χ1) is 11.0. The summed E-state index contributed by atoms with van der Waals surface area (Å²) in [7, 11) is 0. The van der Waals surface area contributed by atoms with E-state index in [9.17, 15) is 9.59 Å². The highest BCUT2D eigenvalue weighted by atomic mass is 35.5. The van der Waals surface area contributed by atoms with E-state index >= 15 is 0 Å². The second-order valence-corrected chi connectivity index (χ2v) is 6.25. The number of hydrogen-bond acceptors (Lipinski definition) is 3. The van der Waals surface area contributed by atoms with E-state index in [0.717, 1.165) is 19.5 Å². The number of benzene rings is 1. The van der Waals surface area contributed by atoms with Crippen molar-refractivity contribution in [1.29, 1.82) is 0 Å². The average Bonchev–Trinajstić information content (AvgIpc) is 3.00. The Morgan fingerprint density at radius 1 is 1.39 bits per heavy atom. The molecule has 2 atom stereocenters. The zero-order valence-corrected chi connectivity index (χ0v) is 14.4. The average molecular weight is 338 g/mol. The Bertz CT molecular complexity index is 565. The highest BCUT2D eigenvalue weighted by molar-refractivity contribution is 6.33. The Labute approximate surface area is 142 Å². The van der Waals surface area contributed by atoms with Crippen LogP contribution in [-0.4, -0.2) is 48.4 Å². The molecule has 0 bridgehead atoms. The molecule has 0 radical (unpaired) electrons. The normalized spacial score (nSPS) is 19.3. The van der Waals surface area contributed by atoms with Gasteiger partial charge in [0.1, 0.15) is 6.04 Å². The van der Waals surface area contributed by atoms with Crippen molar-refractivity contribution in [1.82, 2.24) is 15.5 Å². The van der Waals surface area contributed by atoms with Gasteiger partial charge in [0, 0.05) is 12.6 Å². The molecule has 5 nitrogen and oxygen atoms in total. The van der Waals surface area contributed by atoms with E-state index in [2.05, 4.69) is 22.5 Å². The van der Waals surface area contributed by atoms with Crippen LogP contribution in [-0.2, 0) is 4.79 Å². The summed E-state index contributed by atoms with van der Waals surface area (Å²) in [6.45, 7) is 6.52. The summed E-state index contributed by atoms with van der Waals surface area (Å²) < 4.78 is 0. The number of amides is 2. The largest absolute Gasteiger partial charge is 0.353 e. The number of nitrogens with zero attached hydrogens (tertiary/aromatic N) is 1. The van der Waals surface area contributed by atoms with Crippen molar-refractivity contribution in [2.75, 3.05) is 19.6 Å². The molecule has 1 saturated heterocycles. The van der Waals surface area contributed by atoms with Crippen LogP contribution < -0.4 is 10.6 Å². The second-order valence-electron chi connectivity index (χ2n) is 5.84. The minimum atomic E-state index is -0.602. The summed E-state index contributed by atoms with van der Waals surface area (Å²) in [5.41, 5.74) is 0.377. The zero-order chi connectivity index (χ0) is 16.8. The Balaban J connectivity index is 1.83. The van der Waals surface area contributed by atoms with Crippen LogP contribution in [0, 0.1) is 0 Å². The summed E-state index contributed by atoms with van der Waals surface area (Å²) in [5, 5.41) is 6.00. The molecule has 6 heteroatoms. The summed E-state index contributed by atoms with van der Waals surface area (Å²) in [4.78, 5) is 26.7. The fraction of sp³-hybridized carbons (Fsp3) is 0.529. The Kier molecular flexibility index (Phi) is 6.42. The maximum absolute atomic E-state index is 12.2. The van der Waals surface area contributed by atoms with Crippen molar-refractivity contribution in [3.63, 3.8) is 0 Å². The molecule has 1 heterocycles. The summed E-state index contributed by atoms with van der Waals surface area (Å²) in [5.74, 6) is -0.511. The van der Waals surface area contributed by atoms with Gasteiger partial charge < -0.3 is 10.6 Å². The third-order valence-corrected chi connectivity index (χ3v) is 4.61. The van der Waals surface area contributed by atoms with E-state index in [1.54, 1.807) is 31.2 Å². The molecule has 2 N–H and O–H groups in total. The third kappa shape index (κ3) is 4.69. The fourth-order valence-corrected chi connectivity index (χ4v) is 3.12. The quantitative estimate of drug-likeness (QED) is 0.835. The lowest BCUT2D eigenvalue weighted by molar-refractivity contribution is -0.122. The van der Waals surface area contributed by atoms with Crippen LogP contribution in [0.1, 0.15) is 37.0 Å². The van der Waals surface area contributed by atoms with Crippen molar-refractivity contribution in [2.45, 2.75) is 38.8 Å². The molecule has 0 aromatic heterocycles. The Morgan fingerprint density at radius 3 is 2.83 bits per heavy atom. The number of rotatable bonds is 6. The standard InChI is InChI=1S/C17H24ClN3O2/c1-3-21-10-6-7-13(21)11-19-16(22)12(2)20-17(23)14-8-4-5-9-15(14)18/h4-5,8-9,12-13H,3,6-7,10-11H2,1-2H3,(H,19,22)(H,20,23). The molecule has 2 rings (SSSR count). The van der Waals surface area contributed by atoms with Gasteiger partial charge in [-0.2, -0.15) is 0 Å². The predicted molar refractivity (Wildman–Crippen MR) is 91.7 cm³/mol. The monoisotopic (exact) mass is 337 g/mol. The van der Waals surface area contributed by atoms with Crippen LogP contribution in [0.4, 0.5) is 0 Å². The molecule has 0 aliphatic carbocycles. The van der Waals surface area contributed by atoms with Crippen LogP contribution in [0.3, 0.4) is 0 Å². The lowest BCUT2D eigenvalue weighted by Gasteiger charge is -2.24. The van der Waals surface area contributed by atoms with E-state index in [1.165, 1.54) is 6.42 Å². The summed E-state index contributed by atoms with van der Waals surface area (Å²) >= 11 is 5.99. The Hall–Kier alpha value is -1.59. The van der Waals surface area contributed by atoms with E-state index in [0.29, 0.717) is 23.2 Å². The van der Waals surface area contributed by atoms with E-state index in [1.807, 2.05) is 0 Å². The molecule has 0 spiro atoms. The molecule has 1 aromatic rings. The molecule has 2 amide bonds. The molecule has 23 heavy (non-hydrogen) atoms. The van der Waals surface area contributed by atoms with Crippen molar-refractivity contribution in [3.05, 3.63) is 34.9 Å². The number of likely N-dealkylation sites (N-methyl/N-ethyl adjacent to an activating group) is 1. The second kappa shape index (κ2) is 8.31. The molecule has 1 aromatic carbocycles. The number of hydrogen-bond donors (Lipinski definition) is 2. The molecular weight excluding hydrogens is 314 g/mol. The third-order valence-electron chi connectivity index (χ3n) is 4.28. The minimum absolute atomic E-state index is 0.173. The van der Waals surface area contributed by atoms with Crippen LogP contribution in [0.5, 0.6) is 0 Å². The lowest BCUT2D eigenvalue weighted by Crippen LogP contribution is -2.48. The van der Waals surface area contributed by atoms with Gasteiger partial charge in [-0.25, -0.2) is 0 Å². The Morgan fingerprint density at radius 2 is 2.13 bits per heavy atom.